The molecule has 0 bridgehead atoms. The largest absolute Gasteiger partial charge is 0.459 e. The molecule has 2 aliphatic carbocycles. The maximum Gasteiger partial charge on any atom is 0.340 e. The van der Waals surface area contributed by atoms with E-state index in [0.717, 1.165) is 38.5 Å². The zero-order valence-corrected chi connectivity index (χ0v) is 13.8. The van der Waals surface area contributed by atoms with Gasteiger partial charge in [0.05, 0.1) is 11.3 Å². The number of rotatable bonds is 4. The maximum atomic E-state index is 12.6. The van der Waals surface area contributed by atoms with Crippen LogP contribution in [-0.2, 0) is 9.53 Å². The zero-order chi connectivity index (χ0) is 16.2. The Morgan fingerprint density at radius 1 is 1.00 bits per heavy atom. The van der Waals surface area contributed by atoms with Crippen molar-refractivity contribution < 1.29 is 14.3 Å². The van der Waals surface area contributed by atoms with Crippen LogP contribution in [0.1, 0.15) is 61.7 Å². The molecule has 0 aromatic heterocycles. The molecule has 0 heterocycles. The molecule has 0 atom stereocenters. The maximum absolute atomic E-state index is 12.6. The SMILES string of the molecule is CN(C(=O)C1CC1)c1ccccc1C(=O)OC1CCCCCC1. The van der Waals surface area contributed by atoms with Gasteiger partial charge in [0.15, 0.2) is 0 Å². The van der Waals surface area contributed by atoms with Gasteiger partial charge >= 0.3 is 5.97 Å². The number of ether oxygens (including phenoxy) is 1. The van der Waals surface area contributed by atoms with E-state index < -0.39 is 0 Å². The van der Waals surface area contributed by atoms with E-state index in [4.69, 9.17) is 4.74 Å². The molecule has 1 aromatic carbocycles. The van der Waals surface area contributed by atoms with Crippen LogP contribution in [-0.4, -0.2) is 25.0 Å². The molecule has 23 heavy (non-hydrogen) atoms. The first-order valence-electron chi connectivity index (χ1n) is 8.74. The topological polar surface area (TPSA) is 46.6 Å². The Labute approximate surface area is 137 Å². The number of hydrogen-bond acceptors (Lipinski definition) is 3. The van der Waals surface area contributed by atoms with Gasteiger partial charge in [0.2, 0.25) is 5.91 Å². The summed E-state index contributed by atoms with van der Waals surface area (Å²) >= 11 is 0. The van der Waals surface area contributed by atoms with Crippen molar-refractivity contribution in [2.75, 3.05) is 11.9 Å². The molecule has 2 saturated carbocycles. The molecule has 2 aliphatic rings. The lowest BCUT2D eigenvalue weighted by Gasteiger charge is -2.21. The van der Waals surface area contributed by atoms with E-state index in [1.165, 1.54) is 12.8 Å². The summed E-state index contributed by atoms with van der Waals surface area (Å²) in [5, 5.41) is 0. The summed E-state index contributed by atoms with van der Waals surface area (Å²) in [7, 11) is 1.75. The molecule has 124 valence electrons. The van der Waals surface area contributed by atoms with E-state index in [2.05, 4.69) is 0 Å². The van der Waals surface area contributed by atoms with Crippen LogP contribution in [0.5, 0.6) is 0 Å². The van der Waals surface area contributed by atoms with Crippen molar-refractivity contribution in [3.8, 4) is 0 Å². The molecule has 0 radical (unpaired) electrons. The lowest BCUT2D eigenvalue weighted by molar-refractivity contribution is -0.119. The number of esters is 1. The third-order valence-corrected chi connectivity index (χ3v) is 4.82. The molecular formula is C19H25NO3. The first-order chi connectivity index (χ1) is 11.2. The Kier molecular flexibility index (Phi) is 4.99. The molecule has 0 aliphatic heterocycles. The van der Waals surface area contributed by atoms with E-state index in [1.807, 2.05) is 18.2 Å². The first kappa shape index (κ1) is 16.0. The number of carbonyl (C=O) groups excluding carboxylic acids is 2. The van der Waals surface area contributed by atoms with Gasteiger partial charge in [-0.05, 0) is 50.7 Å². The van der Waals surface area contributed by atoms with Gasteiger partial charge in [-0.25, -0.2) is 4.79 Å². The van der Waals surface area contributed by atoms with E-state index in [1.54, 1.807) is 18.0 Å². The summed E-state index contributed by atoms with van der Waals surface area (Å²) in [5.74, 6) is -0.0754. The molecule has 0 saturated heterocycles. The van der Waals surface area contributed by atoms with Crippen LogP contribution in [0.2, 0.25) is 0 Å². The second-order valence-electron chi connectivity index (χ2n) is 6.71. The fourth-order valence-electron chi connectivity index (χ4n) is 3.24. The Morgan fingerprint density at radius 2 is 1.65 bits per heavy atom. The minimum absolute atomic E-state index is 0.0162. The minimum Gasteiger partial charge on any atom is -0.459 e. The van der Waals surface area contributed by atoms with E-state index >= 15 is 0 Å². The highest BCUT2D eigenvalue weighted by atomic mass is 16.5. The molecule has 1 amide bonds. The molecule has 4 heteroatoms. The van der Waals surface area contributed by atoms with Gasteiger partial charge in [0.25, 0.3) is 0 Å². The standard InChI is InChI=1S/C19H25NO3/c1-20(18(21)14-12-13-14)17-11-7-6-10-16(17)19(22)23-15-8-4-2-3-5-9-15/h6-7,10-11,14-15H,2-5,8-9,12-13H2,1H3. The van der Waals surface area contributed by atoms with Crippen molar-refractivity contribution in [1.82, 2.24) is 0 Å². The van der Waals surface area contributed by atoms with Gasteiger partial charge in [-0.3, -0.25) is 4.79 Å². The molecule has 1 aromatic rings. The lowest BCUT2D eigenvalue weighted by Crippen LogP contribution is -2.29. The second-order valence-corrected chi connectivity index (χ2v) is 6.71. The van der Waals surface area contributed by atoms with Crippen molar-refractivity contribution in [3.05, 3.63) is 29.8 Å². The molecular weight excluding hydrogens is 290 g/mol. The lowest BCUT2D eigenvalue weighted by atomic mass is 10.1. The summed E-state index contributed by atoms with van der Waals surface area (Å²) in [5.41, 5.74) is 1.15. The molecule has 2 fully saturated rings. The van der Waals surface area contributed by atoms with Crippen molar-refractivity contribution in [1.29, 1.82) is 0 Å². The quantitative estimate of drug-likeness (QED) is 0.624. The Bertz CT molecular complexity index is 572. The third kappa shape index (κ3) is 3.92. The molecule has 4 nitrogen and oxygen atoms in total. The van der Waals surface area contributed by atoms with Crippen LogP contribution in [0.15, 0.2) is 24.3 Å². The Morgan fingerprint density at radius 3 is 2.30 bits per heavy atom. The minimum atomic E-state index is -0.303. The molecule has 3 rings (SSSR count). The van der Waals surface area contributed by atoms with Crippen LogP contribution in [0, 0.1) is 5.92 Å². The van der Waals surface area contributed by atoms with E-state index in [-0.39, 0.29) is 23.9 Å². The second kappa shape index (κ2) is 7.16. The normalized spacial score (nSPS) is 19.0. The van der Waals surface area contributed by atoms with E-state index in [9.17, 15) is 9.59 Å². The average Bonchev–Trinajstić information content (AvgIpc) is 3.41. The summed E-state index contributed by atoms with van der Waals surface area (Å²) in [4.78, 5) is 26.5. The Hall–Kier alpha value is -1.84. The van der Waals surface area contributed by atoms with Gasteiger partial charge < -0.3 is 9.64 Å². The molecule has 0 unspecified atom stereocenters. The zero-order valence-electron chi connectivity index (χ0n) is 13.8. The van der Waals surface area contributed by atoms with Gasteiger partial charge in [0.1, 0.15) is 6.10 Å². The average molecular weight is 315 g/mol. The third-order valence-electron chi connectivity index (χ3n) is 4.82. The summed E-state index contributed by atoms with van der Waals surface area (Å²) in [6.07, 6.45) is 8.53. The predicted octanol–water partition coefficient (Wildman–Crippen LogP) is 3.94. The highest BCUT2D eigenvalue weighted by molar-refractivity contribution is 6.03. The number of para-hydroxylation sites is 1. The molecule has 0 spiro atoms. The van der Waals surface area contributed by atoms with Crippen molar-refractivity contribution in [2.24, 2.45) is 5.92 Å². The van der Waals surface area contributed by atoms with Crippen LogP contribution < -0.4 is 4.90 Å². The summed E-state index contributed by atoms with van der Waals surface area (Å²) in [6, 6.07) is 7.26. The van der Waals surface area contributed by atoms with Crippen LogP contribution in [0.25, 0.3) is 0 Å². The number of anilines is 1. The van der Waals surface area contributed by atoms with E-state index in [0.29, 0.717) is 11.3 Å². The highest BCUT2D eigenvalue weighted by Crippen LogP contribution is 2.33. The Balaban J connectivity index is 1.73. The summed E-state index contributed by atoms with van der Waals surface area (Å²) < 4.78 is 5.73. The number of carbonyl (C=O) groups is 2. The number of benzene rings is 1. The van der Waals surface area contributed by atoms with Crippen molar-refractivity contribution in [3.63, 3.8) is 0 Å². The van der Waals surface area contributed by atoms with Crippen LogP contribution in [0.3, 0.4) is 0 Å². The highest BCUT2D eigenvalue weighted by Gasteiger charge is 2.33. The summed E-state index contributed by atoms with van der Waals surface area (Å²) in [6.45, 7) is 0. The van der Waals surface area contributed by atoms with Crippen LogP contribution >= 0.6 is 0 Å². The van der Waals surface area contributed by atoms with Gasteiger partial charge in [-0.15, -0.1) is 0 Å². The number of nitrogens with zero attached hydrogens (tertiary/aromatic N) is 1. The van der Waals surface area contributed by atoms with Gasteiger partial charge in [-0.2, -0.15) is 0 Å². The van der Waals surface area contributed by atoms with Crippen molar-refractivity contribution in [2.45, 2.75) is 57.5 Å². The smallest absolute Gasteiger partial charge is 0.340 e. The first-order valence-corrected chi connectivity index (χ1v) is 8.74. The number of hydrogen-bond donors (Lipinski definition) is 0. The number of amides is 1. The van der Waals surface area contributed by atoms with Gasteiger partial charge in [-0.1, -0.05) is 25.0 Å². The monoisotopic (exact) mass is 315 g/mol. The van der Waals surface area contributed by atoms with Gasteiger partial charge in [0, 0.05) is 13.0 Å². The molecule has 0 N–H and O–H groups in total. The predicted molar refractivity (Wildman–Crippen MR) is 89.5 cm³/mol. The fraction of sp³-hybridized carbons (Fsp3) is 0.579. The van der Waals surface area contributed by atoms with Crippen molar-refractivity contribution >= 4 is 17.6 Å². The fourth-order valence-corrected chi connectivity index (χ4v) is 3.24. The van der Waals surface area contributed by atoms with Crippen LogP contribution in [0.4, 0.5) is 5.69 Å².